The second kappa shape index (κ2) is 29.2. The van der Waals surface area contributed by atoms with E-state index in [0.717, 1.165) is 41.1 Å². The van der Waals surface area contributed by atoms with Crippen molar-refractivity contribution in [3.8, 4) is 23.0 Å². The van der Waals surface area contributed by atoms with Crippen LogP contribution in [0.1, 0.15) is 84.8 Å². The molecule has 9 aromatic rings. The van der Waals surface area contributed by atoms with Crippen molar-refractivity contribution in [2.75, 3.05) is 16.0 Å². The maximum Gasteiger partial charge on any atom is 0.162 e. The zero-order valence-corrected chi connectivity index (χ0v) is 43.1. The largest absolute Gasteiger partial charge is 0.455 e. The summed E-state index contributed by atoms with van der Waals surface area (Å²) < 4.78 is 93.0. The van der Waals surface area contributed by atoms with Crippen molar-refractivity contribution in [2.45, 2.75) is 81.4 Å². The number of rotatable bonds is 16. The van der Waals surface area contributed by atoms with E-state index in [4.69, 9.17) is 21.1 Å². The van der Waals surface area contributed by atoms with E-state index in [1.165, 1.54) is 77.6 Å². The third kappa shape index (κ3) is 17.6. The van der Waals surface area contributed by atoms with Crippen LogP contribution in [-0.2, 0) is 26.1 Å². The summed E-state index contributed by atoms with van der Waals surface area (Å²) in [5.41, 5.74) is 7.04. The van der Waals surface area contributed by atoms with E-state index >= 15 is 0 Å². The molecule has 78 heavy (non-hydrogen) atoms. The fourth-order valence-electron chi connectivity index (χ4n) is 7.34. The molecular weight excluding hydrogens is 1020 g/mol. The first-order valence-electron chi connectivity index (χ1n) is 24.2. The normalized spacial score (nSPS) is 10.4. The lowest BCUT2D eigenvalue weighted by molar-refractivity contribution is 0.475. The van der Waals surface area contributed by atoms with E-state index in [1.807, 2.05) is 25.1 Å². The number of halogens is 7. The Balaban J connectivity index is 0.000000213. The lowest BCUT2D eigenvalue weighted by Crippen LogP contribution is -2.05. The van der Waals surface area contributed by atoms with Crippen molar-refractivity contribution in [3.05, 3.63) is 260 Å². The molecule has 3 heterocycles. The molecule has 0 aliphatic carbocycles. The van der Waals surface area contributed by atoms with Crippen LogP contribution in [0, 0.1) is 55.7 Å². The van der Waals surface area contributed by atoms with Crippen molar-refractivity contribution in [1.82, 2.24) is 15.0 Å². The fraction of sp³-hybridized carbons (Fsp3) is 0.190. The van der Waals surface area contributed by atoms with Gasteiger partial charge in [-0.05, 0) is 146 Å². The van der Waals surface area contributed by atoms with Gasteiger partial charge in [0.15, 0.2) is 11.6 Å². The Morgan fingerprint density at radius 2 is 1.05 bits per heavy atom. The Morgan fingerprint density at radius 1 is 0.500 bits per heavy atom. The Morgan fingerprint density at radius 3 is 1.59 bits per heavy atom. The summed E-state index contributed by atoms with van der Waals surface area (Å²) in [5.74, 6) is 0.442. The molecule has 8 nitrogen and oxygen atoms in total. The summed E-state index contributed by atoms with van der Waals surface area (Å²) in [6.07, 6.45) is 4.92. The number of aromatic nitrogens is 3. The first-order chi connectivity index (χ1) is 36.6. The van der Waals surface area contributed by atoms with Crippen molar-refractivity contribution < 1.29 is 35.8 Å². The van der Waals surface area contributed by atoms with Gasteiger partial charge >= 0.3 is 0 Å². The summed E-state index contributed by atoms with van der Waals surface area (Å²) in [7, 11) is 0. The summed E-state index contributed by atoms with van der Waals surface area (Å²) in [6, 6.07) is 42.3. The number of nitrogens with one attached hydrogen (secondary N) is 3. The SMILES string of the molecule is C.C.Cc1cc(Cl)ccc1Oc1ccc(NCc2c(F)cccc2F)nc1.Cc1ccc(CNc2ccc(Oc3cc(C(C)C)ccc3C)cn2)cc1.Fc1cccc(Cc2ccc(NCc3c(F)cccc3F)cn2)c1F. The van der Waals surface area contributed by atoms with Crippen LogP contribution in [0.15, 0.2) is 170 Å². The quantitative estimate of drug-likeness (QED) is 0.0824. The zero-order valence-electron chi connectivity index (χ0n) is 42.4. The number of ether oxygens (including phenoxy) is 2. The molecule has 0 amide bonds. The van der Waals surface area contributed by atoms with Gasteiger partial charge in [0, 0.05) is 47.9 Å². The number of nitrogens with zero attached hydrogens (tertiary/aromatic N) is 3. The molecule has 0 unspecified atom stereocenters. The molecular formula is C63H63ClF6N6O2. The molecule has 15 heteroatoms. The van der Waals surface area contributed by atoms with Gasteiger partial charge in [0.1, 0.15) is 57.9 Å². The number of benzene rings is 6. The molecule has 0 radical (unpaired) electrons. The third-order valence-corrected chi connectivity index (χ3v) is 12.0. The van der Waals surface area contributed by atoms with Crippen LogP contribution >= 0.6 is 11.6 Å². The molecule has 0 saturated carbocycles. The van der Waals surface area contributed by atoms with E-state index in [-0.39, 0.29) is 51.1 Å². The first kappa shape index (κ1) is 60.5. The maximum atomic E-state index is 13.7. The molecule has 0 atom stereocenters. The molecule has 0 bridgehead atoms. The molecule has 0 fully saturated rings. The van der Waals surface area contributed by atoms with E-state index in [0.29, 0.717) is 39.6 Å². The van der Waals surface area contributed by atoms with Crippen LogP contribution in [0.3, 0.4) is 0 Å². The topological polar surface area (TPSA) is 93.2 Å². The molecule has 3 aromatic heterocycles. The Hall–Kier alpha value is -8.36. The molecule has 6 aromatic carbocycles. The smallest absolute Gasteiger partial charge is 0.162 e. The van der Waals surface area contributed by atoms with Crippen LogP contribution in [0.2, 0.25) is 5.02 Å². The minimum atomic E-state index is -0.900. The van der Waals surface area contributed by atoms with Crippen LogP contribution in [0.4, 0.5) is 43.7 Å². The van der Waals surface area contributed by atoms with Gasteiger partial charge in [0.25, 0.3) is 0 Å². The summed E-state index contributed by atoms with van der Waals surface area (Å²) in [4.78, 5) is 12.8. The average Bonchev–Trinajstić information content (AvgIpc) is 3.40. The Bertz CT molecular complexity index is 3290. The predicted molar refractivity (Wildman–Crippen MR) is 303 cm³/mol. The van der Waals surface area contributed by atoms with Gasteiger partial charge in [0.2, 0.25) is 0 Å². The van der Waals surface area contributed by atoms with Crippen molar-refractivity contribution in [2.24, 2.45) is 0 Å². The molecule has 0 spiro atoms. The van der Waals surface area contributed by atoms with Crippen LogP contribution in [0.5, 0.6) is 23.0 Å². The first-order valence-corrected chi connectivity index (χ1v) is 24.6. The van der Waals surface area contributed by atoms with Gasteiger partial charge in [-0.1, -0.05) is 107 Å². The lowest BCUT2D eigenvalue weighted by atomic mass is 10.0. The Kier molecular flexibility index (Phi) is 22.7. The fourth-order valence-corrected chi connectivity index (χ4v) is 7.57. The monoisotopic (exact) mass is 1080 g/mol. The number of hydrogen-bond acceptors (Lipinski definition) is 8. The number of aryl methyl sites for hydroxylation is 3. The molecule has 0 saturated heterocycles. The van der Waals surface area contributed by atoms with Gasteiger partial charge in [-0.15, -0.1) is 0 Å². The van der Waals surface area contributed by atoms with E-state index in [2.05, 4.69) is 101 Å². The van der Waals surface area contributed by atoms with Crippen molar-refractivity contribution in [1.29, 1.82) is 0 Å². The van der Waals surface area contributed by atoms with Crippen molar-refractivity contribution in [3.63, 3.8) is 0 Å². The van der Waals surface area contributed by atoms with E-state index in [9.17, 15) is 26.3 Å². The van der Waals surface area contributed by atoms with E-state index < -0.39 is 34.9 Å². The van der Waals surface area contributed by atoms with Gasteiger partial charge in [0.05, 0.1) is 24.3 Å². The maximum absolute atomic E-state index is 13.7. The second-order valence-corrected chi connectivity index (χ2v) is 18.4. The Labute approximate surface area is 458 Å². The highest BCUT2D eigenvalue weighted by Gasteiger charge is 2.13. The van der Waals surface area contributed by atoms with Crippen molar-refractivity contribution >= 4 is 28.9 Å². The highest BCUT2D eigenvalue weighted by atomic mass is 35.5. The highest BCUT2D eigenvalue weighted by Crippen LogP contribution is 2.30. The second-order valence-electron chi connectivity index (χ2n) is 17.9. The number of hydrogen-bond donors (Lipinski definition) is 3. The van der Waals surface area contributed by atoms with Gasteiger partial charge in [-0.2, -0.15) is 0 Å². The minimum absolute atomic E-state index is 0. The summed E-state index contributed by atoms with van der Waals surface area (Å²) in [6.45, 7) is 11.1. The lowest BCUT2D eigenvalue weighted by Gasteiger charge is -2.13. The summed E-state index contributed by atoms with van der Waals surface area (Å²) in [5, 5.41) is 9.75. The van der Waals surface area contributed by atoms with Gasteiger partial charge < -0.3 is 25.4 Å². The average molecular weight is 1090 g/mol. The zero-order chi connectivity index (χ0) is 54.1. The molecule has 0 aliphatic heterocycles. The molecule has 9 rings (SSSR count). The third-order valence-electron chi connectivity index (χ3n) is 11.8. The molecule has 406 valence electrons. The minimum Gasteiger partial charge on any atom is -0.455 e. The van der Waals surface area contributed by atoms with Crippen LogP contribution in [0.25, 0.3) is 0 Å². The molecule has 0 aliphatic rings. The van der Waals surface area contributed by atoms with Gasteiger partial charge in [-0.3, -0.25) is 4.98 Å². The number of pyridine rings is 3. The predicted octanol–water partition coefficient (Wildman–Crippen LogP) is 18.1. The summed E-state index contributed by atoms with van der Waals surface area (Å²) >= 11 is 5.92. The van der Waals surface area contributed by atoms with Gasteiger partial charge in [-0.25, -0.2) is 36.3 Å². The van der Waals surface area contributed by atoms with Crippen LogP contribution in [-0.4, -0.2) is 15.0 Å². The van der Waals surface area contributed by atoms with E-state index in [1.54, 1.807) is 42.6 Å². The molecule has 3 N–H and O–H groups in total. The van der Waals surface area contributed by atoms with Crippen LogP contribution < -0.4 is 25.4 Å². The standard InChI is InChI=1S/C23H26N2O.C19H15ClF2N2O.C19H14F4N2.2CH4/c1-16(2)20-10-7-18(4)22(13-20)26-21-11-12-23(25-15-21)24-14-19-8-5-17(3)6-9-19;1-12-9-13(20)5-7-18(12)25-14-6-8-19(23-10-14)24-11-15-16(21)3-2-4-17(15)22;20-16-4-2-5-17(21)15(16)11-25-14-8-7-13(24-10-14)9-12-3-1-6-18(22)19(12)23;;/h5-13,15-16H,14H2,1-4H3,(H,24,25);2-10H,11H2,1H3,(H,23,24);1-8,10,25H,9,11H2;2*1H4. The highest BCUT2D eigenvalue weighted by molar-refractivity contribution is 6.30. The number of anilines is 3.